The van der Waals surface area contributed by atoms with E-state index < -0.39 is 0 Å². The van der Waals surface area contributed by atoms with Crippen LogP contribution in [0.15, 0.2) is 17.5 Å². The van der Waals surface area contributed by atoms with Crippen molar-refractivity contribution in [3.05, 3.63) is 22.4 Å². The molecule has 0 radical (unpaired) electrons. The smallest absolute Gasteiger partial charge is 0.00512 e. The third kappa shape index (κ3) is 2.18. The molecule has 1 aliphatic carbocycles. The van der Waals surface area contributed by atoms with Crippen LogP contribution in [-0.4, -0.2) is 6.54 Å². The molecule has 1 fully saturated rings. The molecular weight excluding hydrogens is 190 g/mol. The maximum Gasteiger partial charge on any atom is 0.00512 e. The highest BCUT2D eigenvalue weighted by Crippen LogP contribution is 2.38. The van der Waals surface area contributed by atoms with Crippen LogP contribution in [0.2, 0.25) is 0 Å². The second-order valence-corrected chi connectivity index (χ2v) is 5.55. The molecule has 1 saturated carbocycles. The van der Waals surface area contributed by atoms with Gasteiger partial charge in [0.25, 0.3) is 0 Å². The summed E-state index contributed by atoms with van der Waals surface area (Å²) in [7, 11) is 0. The predicted octanol–water partition coefficient (Wildman–Crippen LogP) is 3.20. The van der Waals surface area contributed by atoms with Crippen LogP contribution in [0.1, 0.15) is 37.0 Å². The molecule has 1 nitrogen and oxygen atoms in total. The zero-order valence-electron chi connectivity index (χ0n) is 8.67. The van der Waals surface area contributed by atoms with Gasteiger partial charge in [0.05, 0.1) is 0 Å². The van der Waals surface area contributed by atoms with Gasteiger partial charge >= 0.3 is 0 Å². The Bertz CT molecular complexity index is 260. The SMILES string of the molecule is NCC1(Cc2cccs2)CCCCC1. The molecule has 0 aliphatic heterocycles. The van der Waals surface area contributed by atoms with E-state index in [0.717, 1.165) is 6.54 Å². The third-order valence-electron chi connectivity index (χ3n) is 3.48. The van der Waals surface area contributed by atoms with Crippen molar-refractivity contribution in [1.82, 2.24) is 0 Å². The summed E-state index contributed by atoms with van der Waals surface area (Å²) in [6.07, 6.45) is 8.04. The van der Waals surface area contributed by atoms with Gasteiger partial charge in [-0.1, -0.05) is 25.3 Å². The van der Waals surface area contributed by atoms with Crippen molar-refractivity contribution >= 4 is 11.3 Å². The molecule has 0 bridgehead atoms. The minimum absolute atomic E-state index is 0.434. The molecule has 1 heterocycles. The van der Waals surface area contributed by atoms with E-state index in [9.17, 15) is 0 Å². The van der Waals surface area contributed by atoms with E-state index >= 15 is 0 Å². The van der Waals surface area contributed by atoms with E-state index in [1.165, 1.54) is 43.4 Å². The second-order valence-electron chi connectivity index (χ2n) is 4.52. The van der Waals surface area contributed by atoms with Gasteiger partial charge in [0.2, 0.25) is 0 Å². The van der Waals surface area contributed by atoms with E-state index in [2.05, 4.69) is 17.5 Å². The summed E-state index contributed by atoms with van der Waals surface area (Å²) in [5.74, 6) is 0. The van der Waals surface area contributed by atoms with Gasteiger partial charge < -0.3 is 5.73 Å². The quantitative estimate of drug-likeness (QED) is 0.813. The van der Waals surface area contributed by atoms with Crippen LogP contribution >= 0.6 is 11.3 Å². The van der Waals surface area contributed by atoms with Crippen molar-refractivity contribution in [1.29, 1.82) is 0 Å². The number of hydrogen-bond donors (Lipinski definition) is 1. The zero-order chi connectivity index (χ0) is 9.86. The molecule has 0 atom stereocenters. The Kier molecular flexibility index (Phi) is 3.24. The van der Waals surface area contributed by atoms with Crippen molar-refractivity contribution in [3.63, 3.8) is 0 Å². The molecule has 2 heteroatoms. The molecular formula is C12H19NS. The van der Waals surface area contributed by atoms with Gasteiger partial charge in [0.15, 0.2) is 0 Å². The van der Waals surface area contributed by atoms with Crippen LogP contribution in [-0.2, 0) is 6.42 Å². The minimum atomic E-state index is 0.434. The lowest BCUT2D eigenvalue weighted by molar-refractivity contribution is 0.199. The molecule has 0 spiro atoms. The molecule has 14 heavy (non-hydrogen) atoms. The van der Waals surface area contributed by atoms with Crippen LogP contribution in [0.3, 0.4) is 0 Å². The van der Waals surface area contributed by atoms with Crippen LogP contribution in [0.25, 0.3) is 0 Å². The first kappa shape index (κ1) is 10.2. The van der Waals surface area contributed by atoms with Crippen molar-refractivity contribution in [3.8, 4) is 0 Å². The Labute approximate surface area is 90.3 Å². The fraction of sp³-hybridized carbons (Fsp3) is 0.667. The highest BCUT2D eigenvalue weighted by molar-refractivity contribution is 7.09. The Morgan fingerprint density at radius 3 is 2.64 bits per heavy atom. The van der Waals surface area contributed by atoms with Crippen LogP contribution < -0.4 is 5.73 Å². The lowest BCUT2D eigenvalue weighted by Crippen LogP contribution is -2.34. The van der Waals surface area contributed by atoms with E-state index in [0.29, 0.717) is 5.41 Å². The van der Waals surface area contributed by atoms with E-state index in [1.54, 1.807) is 0 Å². The maximum atomic E-state index is 5.96. The first-order chi connectivity index (χ1) is 6.85. The lowest BCUT2D eigenvalue weighted by atomic mass is 9.71. The predicted molar refractivity (Wildman–Crippen MR) is 62.6 cm³/mol. The minimum Gasteiger partial charge on any atom is -0.330 e. The average Bonchev–Trinajstić information content (AvgIpc) is 2.72. The van der Waals surface area contributed by atoms with Gasteiger partial charge in [0.1, 0.15) is 0 Å². The van der Waals surface area contributed by atoms with Crippen LogP contribution in [0.5, 0.6) is 0 Å². The molecule has 0 amide bonds. The van der Waals surface area contributed by atoms with Crippen molar-refractivity contribution < 1.29 is 0 Å². The molecule has 2 N–H and O–H groups in total. The fourth-order valence-electron chi connectivity index (χ4n) is 2.54. The van der Waals surface area contributed by atoms with Gasteiger partial charge in [0, 0.05) is 4.88 Å². The molecule has 1 aromatic rings. The van der Waals surface area contributed by atoms with Crippen molar-refractivity contribution in [2.75, 3.05) is 6.54 Å². The summed E-state index contributed by atoms with van der Waals surface area (Å²) in [6.45, 7) is 0.866. The van der Waals surface area contributed by atoms with Crippen LogP contribution in [0.4, 0.5) is 0 Å². The molecule has 2 rings (SSSR count). The summed E-state index contributed by atoms with van der Waals surface area (Å²) >= 11 is 1.87. The number of nitrogens with two attached hydrogens (primary N) is 1. The number of rotatable bonds is 3. The first-order valence-electron chi connectivity index (χ1n) is 5.57. The summed E-state index contributed by atoms with van der Waals surface area (Å²) in [5, 5.41) is 2.17. The van der Waals surface area contributed by atoms with E-state index in [-0.39, 0.29) is 0 Å². The average molecular weight is 209 g/mol. The summed E-state index contributed by atoms with van der Waals surface area (Å²) in [6, 6.07) is 4.39. The monoisotopic (exact) mass is 209 g/mol. The Balaban J connectivity index is 2.04. The molecule has 0 saturated heterocycles. The van der Waals surface area contributed by atoms with Crippen molar-refractivity contribution in [2.45, 2.75) is 38.5 Å². The van der Waals surface area contributed by atoms with Gasteiger partial charge in [-0.25, -0.2) is 0 Å². The molecule has 1 aliphatic rings. The second kappa shape index (κ2) is 4.45. The molecule has 0 aromatic carbocycles. The normalized spacial score (nSPS) is 20.9. The van der Waals surface area contributed by atoms with Gasteiger partial charge in [-0.2, -0.15) is 0 Å². The fourth-order valence-corrected chi connectivity index (χ4v) is 3.42. The standard InChI is InChI=1S/C12H19NS/c13-10-12(6-2-1-3-7-12)9-11-5-4-8-14-11/h4-5,8H,1-3,6-7,9-10,13H2. The highest BCUT2D eigenvalue weighted by atomic mass is 32.1. The largest absolute Gasteiger partial charge is 0.330 e. The molecule has 1 aromatic heterocycles. The topological polar surface area (TPSA) is 26.0 Å². The summed E-state index contributed by atoms with van der Waals surface area (Å²) < 4.78 is 0. The summed E-state index contributed by atoms with van der Waals surface area (Å²) in [5.41, 5.74) is 6.39. The Morgan fingerprint density at radius 1 is 1.29 bits per heavy atom. The molecule has 78 valence electrons. The van der Waals surface area contributed by atoms with E-state index in [4.69, 9.17) is 5.73 Å². The summed E-state index contributed by atoms with van der Waals surface area (Å²) in [4.78, 5) is 1.51. The van der Waals surface area contributed by atoms with Gasteiger partial charge in [-0.05, 0) is 42.7 Å². The maximum absolute atomic E-state index is 5.96. The Hall–Kier alpha value is -0.340. The Morgan fingerprint density at radius 2 is 2.07 bits per heavy atom. The van der Waals surface area contributed by atoms with E-state index in [1.807, 2.05) is 11.3 Å². The third-order valence-corrected chi connectivity index (χ3v) is 4.35. The number of hydrogen-bond acceptors (Lipinski definition) is 2. The van der Waals surface area contributed by atoms with Gasteiger partial charge in [-0.15, -0.1) is 11.3 Å². The first-order valence-corrected chi connectivity index (χ1v) is 6.45. The molecule has 0 unspecified atom stereocenters. The lowest BCUT2D eigenvalue weighted by Gasteiger charge is -2.36. The van der Waals surface area contributed by atoms with Crippen LogP contribution in [0, 0.1) is 5.41 Å². The number of thiophene rings is 1. The zero-order valence-corrected chi connectivity index (χ0v) is 9.48. The van der Waals surface area contributed by atoms with Gasteiger partial charge in [-0.3, -0.25) is 0 Å². The van der Waals surface area contributed by atoms with Crippen molar-refractivity contribution in [2.24, 2.45) is 11.1 Å². The highest BCUT2D eigenvalue weighted by Gasteiger charge is 2.30.